The minimum atomic E-state index is -0.851. The fraction of sp³-hybridized carbons (Fsp3) is 0.350. The first kappa shape index (κ1) is 36.0. The molecule has 0 radical (unpaired) electrons. The second-order valence-corrected chi connectivity index (χ2v) is 12.6. The molecule has 0 unspecified atom stereocenters. The first-order valence-corrected chi connectivity index (χ1v) is 16.8. The van der Waals surface area contributed by atoms with Crippen molar-refractivity contribution < 1.29 is 14.4 Å². The number of nitrogens with one attached hydrogen (secondary N) is 1. The summed E-state index contributed by atoms with van der Waals surface area (Å²) in [6.07, 6.45) is 10.2. The number of rotatable bonds is 16. The highest BCUT2D eigenvalue weighted by atomic mass is 16.2. The number of nitrogens with zero attached hydrogens (tertiary/aromatic N) is 3. The van der Waals surface area contributed by atoms with Crippen molar-refractivity contribution in [3.8, 4) is 0 Å². The molecule has 252 valence electrons. The molecule has 4 rings (SSSR count). The lowest BCUT2D eigenvalue weighted by molar-refractivity contribution is -0.146. The highest BCUT2D eigenvalue weighted by Gasteiger charge is 2.35. The SMILES string of the molecule is CCC(N)(CC)CC=CC(=O)N(C)[C@H](Cc1ccc2ccccc2c1)C(=O)N(C)[C@H](Cc1ccccc1)C(=O)NCCc1ccncc1. The Balaban J connectivity index is 1.61. The van der Waals surface area contributed by atoms with Crippen molar-refractivity contribution >= 4 is 28.5 Å². The van der Waals surface area contributed by atoms with E-state index in [0.717, 1.165) is 40.3 Å². The van der Waals surface area contributed by atoms with Crippen LogP contribution < -0.4 is 11.1 Å². The van der Waals surface area contributed by atoms with E-state index in [9.17, 15) is 14.4 Å². The van der Waals surface area contributed by atoms with Crippen LogP contribution >= 0.6 is 0 Å². The van der Waals surface area contributed by atoms with Crippen LogP contribution in [0.2, 0.25) is 0 Å². The van der Waals surface area contributed by atoms with Gasteiger partial charge in [0.15, 0.2) is 0 Å². The Bertz CT molecular complexity index is 1670. The summed E-state index contributed by atoms with van der Waals surface area (Å²) in [5.74, 6) is -0.855. The molecule has 8 heteroatoms. The molecule has 3 aromatic carbocycles. The van der Waals surface area contributed by atoms with E-state index >= 15 is 0 Å². The van der Waals surface area contributed by atoms with E-state index < -0.39 is 12.1 Å². The lowest BCUT2D eigenvalue weighted by Gasteiger charge is -2.34. The molecule has 0 aliphatic heterocycles. The maximum atomic E-state index is 14.5. The van der Waals surface area contributed by atoms with Crippen LogP contribution in [0.3, 0.4) is 0 Å². The van der Waals surface area contributed by atoms with Crippen LogP contribution in [-0.4, -0.2) is 70.8 Å². The van der Waals surface area contributed by atoms with Crippen molar-refractivity contribution in [3.05, 3.63) is 126 Å². The van der Waals surface area contributed by atoms with Crippen LogP contribution in [0.1, 0.15) is 49.8 Å². The van der Waals surface area contributed by atoms with Crippen LogP contribution in [0.15, 0.2) is 109 Å². The monoisotopic (exact) mass is 647 g/mol. The lowest BCUT2D eigenvalue weighted by Crippen LogP contribution is -2.56. The Kier molecular flexibility index (Phi) is 13.0. The third-order valence-electron chi connectivity index (χ3n) is 9.39. The standard InChI is InChI=1S/C40H49N5O3/c1-5-40(41,6-2)23-12-17-37(46)44(3)36(29-32-18-19-33-15-10-11-16-34(33)27-32)39(48)45(4)35(28-31-13-8-7-9-14-31)38(47)43-26-22-30-20-24-42-25-21-30/h7-21,24-25,27,35-36H,5-6,22-23,26,28-29,41H2,1-4H3,(H,43,47)/t35-,36-/m1/s1. The molecular formula is C40H49N5O3. The predicted octanol–water partition coefficient (Wildman–Crippen LogP) is 5.50. The second-order valence-electron chi connectivity index (χ2n) is 12.6. The van der Waals surface area contributed by atoms with E-state index in [4.69, 9.17) is 5.73 Å². The quantitative estimate of drug-likeness (QED) is 0.156. The van der Waals surface area contributed by atoms with E-state index in [1.54, 1.807) is 26.5 Å². The first-order chi connectivity index (χ1) is 23.1. The molecule has 48 heavy (non-hydrogen) atoms. The zero-order chi connectivity index (χ0) is 34.5. The molecule has 0 aliphatic carbocycles. The average Bonchev–Trinajstić information content (AvgIpc) is 3.12. The van der Waals surface area contributed by atoms with Crippen LogP contribution in [0.4, 0.5) is 0 Å². The number of pyridine rings is 1. The normalized spacial score (nSPS) is 12.9. The number of likely N-dealkylation sites (N-methyl/N-ethyl adjacent to an activating group) is 2. The van der Waals surface area contributed by atoms with Gasteiger partial charge in [0.05, 0.1) is 0 Å². The Morgan fingerprint density at radius 1 is 0.792 bits per heavy atom. The number of benzene rings is 3. The highest BCUT2D eigenvalue weighted by molar-refractivity contribution is 5.95. The number of carbonyl (C=O) groups excluding carboxylic acids is 3. The van der Waals surface area contributed by atoms with Gasteiger partial charge in [0.25, 0.3) is 0 Å². The van der Waals surface area contributed by atoms with E-state index in [0.29, 0.717) is 25.8 Å². The van der Waals surface area contributed by atoms with E-state index in [1.807, 2.05) is 98.8 Å². The van der Waals surface area contributed by atoms with Gasteiger partial charge in [-0.05, 0) is 71.4 Å². The van der Waals surface area contributed by atoms with Gasteiger partial charge >= 0.3 is 0 Å². The summed E-state index contributed by atoms with van der Waals surface area (Å²) in [6, 6.07) is 26.0. The highest BCUT2D eigenvalue weighted by Crippen LogP contribution is 2.21. The van der Waals surface area contributed by atoms with Gasteiger partial charge in [-0.25, -0.2) is 0 Å². The molecule has 1 aromatic heterocycles. The average molecular weight is 648 g/mol. The topological polar surface area (TPSA) is 109 Å². The predicted molar refractivity (Wildman–Crippen MR) is 193 cm³/mol. The molecule has 3 amide bonds. The smallest absolute Gasteiger partial charge is 0.246 e. The molecule has 0 saturated carbocycles. The minimum Gasteiger partial charge on any atom is -0.354 e. The van der Waals surface area contributed by atoms with Crippen molar-refractivity contribution in [2.24, 2.45) is 5.73 Å². The zero-order valence-electron chi connectivity index (χ0n) is 28.6. The Morgan fingerprint density at radius 2 is 1.44 bits per heavy atom. The number of amides is 3. The first-order valence-electron chi connectivity index (χ1n) is 16.8. The molecule has 0 aliphatic rings. The molecule has 8 nitrogen and oxygen atoms in total. The van der Waals surface area contributed by atoms with Gasteiger partial charge in [-0.2, -0.15) is 0 Å². The van der Waals surface area contributed by atoms with Crippen molar-refractivity contribution in [3.63, 3.8) is 0 Å². The van der Waals surface area contributed by atoms with Gasteiger partial charge in [-0.3, -0.25) is 19.4 Å². The van der Waals surface area contributed by atoms with Gasteiger partial charge < -0.3 is 20.9 Å². The molecule has 2 atom stereocenters. The largest absolute Gasteiger partial charge is 0.354 e. The lowest BCUT2D eigenvalue weighted by atomic mass is 9.90. The number of aromatic nitrogens is 1. The summed E-state index contributed by atoms with van der Waals surface area (Å²) in [4.78, 5) is 48.9. The molecule has 0 fully saturated rings. The molecule has 0 bridgehead atoms. The van der Waals surface area contributed by atoms with Crippen molar-refractivity contribution in [2.45, 2.75) is 70.0 Å². The molecular weight excluding hydrogens is 598 g/mol. The molecule has 0 saturated heterocycles. The van der Waals surface area contributed by atoms with Gasteiger partial charge in [0.1, 0.15) is 12.1 Å². The van der Waals surface area contributed by atoms with E-state index in [-0.39, 0.29) is 29.7 Å². The van der Waals surface area contributed by atoms with Crippen LogP contribution in [0, 0.1) is 0 Å². The third-order valence-corrected chi connectivity index (χ3v) is 9.39. The Morgan fingerprint density at radius 3 is 2.12 bits per heavy atom. The summed E-state index contributed by atoms with van der Waals surface area (Å²) in [5, 5.41) is 5.19. The molecule has 1 heterocycles. The number of hydrogen-bond acceptors (Lipinski definition) is 5. The summed E-state index contributed by atoms with van der Waals surface area (Å²) in [6.45, 7) is 4.50. The Labute approximate surface area is 285 Å². The van der Waals surface area contributed by atoms with Gasteiger partial charge in [0, 0.05) is 51.4 Å². The fourth-order valence-corrected chi connectivity index (χ4v) is 5.81. The van der Waals surface area contributed by atoms with Crippen molar-refractivity contribution in [1.29, 1.82) is 0 Å². The van der Waals surface area contributed by atoms with Gasteiger partial charge in [-0.1, -0.05) is 92.7 Å². The minimum absolute atomic E-state index is 0.250. The summed E-state index contributed by atoms with van der Waals surface area (Å²) >= 11 is 0. The van der Waals surface area contributed by atoms with E-state index in [2.05, 4.69) is 16.4 Å². The zero-order valence-corrected chi connectivity index (χ0v) is 28.6. The van der Waals surface area contributed by atoms with Gasteiger partial charge in [0.2, 0.25) is 17.7 Å². The van der Waals surface area contributed by atoms with Crippen molar-refractivity contribution in [1.82, 2.24) is 20.1 Å². The molecule has 4 aromatic rings. The second kappa shape index (κ2) is 17.4. The molecule has 0 spiro atoms. The fourth-order valence-electron chi connectivity index (χ4n) is 5.81. The summed E-state index contributed by atoms with van der Waals surface area (Å²) in [7, 11) is 3.31. The number of carbonyl (C=O) groups is 3. The van der Waals surface area contributed by atoms with Crippen molar-refractivity contribution in [2.75, 3.05) is 20.6 Å². The number of nitrogens with two attached hydrogens (primary N) is 1. The van der Waals surface area contributed by atoms with Gasteiger partial charge in [-0.15, -0.1) is 0 Å². The summed E-state index contributed by atoms with van der Waals surface area (Å²) in [5.41, 5.74) is 9.00. The number of hydrogen-bond donors (Lipinski definition) is 2. The van der Waals surface area contributed by atoms with E-state index in [1.165, 1.54) is 15.9 Å². The van der Waals surface area contributed by atoms with Crippen LogP contribution in [0.25, 0.3) is 10.8 Å². The number of fused-ring (bicyclic) bond motifs is 1. The maximum Gasteiger partial charge on any atom is 0.246 e. The summed E-state index contributed by atoms with van der Waals surface area (Å²) < 4.78 is 0. The molecule has 3 N–H and O–H groups in total. The van der Waals surface area contributed by atoms with Crippen LogP contribution in [0.5, 0.6) is 0 Å². The third kappa shape index (κ3) is 9.84. The maximum absolute atomic E-state index is 14.5. The Hall–Kier alpha value is -4.82. The van der Waals surface area contributed by atoms with Crippen LogP contribution in [-0.2, 0) is 33.6 Å².